The maximum Gasteiger partial charge on any atom is 0.271 e. The summed E-state index contributed by atoms with van der Waals surface area (Å²) in [5, 5.41) is 10.8. The molecule has 0 saturated carbocycles. The zero-order chi connectivity index (χ0) is 15.6. The highest BCUT2D eigenvalue weighted by atomic mass is 79.9. The van der Waals surface area contributed by atoms with Crippen LogP contribution in [-0.4, -0.2) is 11.2 Å². The van der Waals surface area contributed by atoms with Gasteiger partial charge in [0, 0.05) is 22.2 Å². The quantitative estimate of drug-likeness (QED) is 0.330. The summed E-state index contributed by atoms with van der Waals surface area (Å²) >= 11 is 9.75. The zero-order valence-corrected chi connectivity index (χ0v) is 14.9. The van der Waals surface area contributed by atoms with Gasteiger partial charge in [-0.25, -0.2) is 0 Å². The lowest BCUT2D eigenvalue weighted by Gasteiger charge is -2.10. The van der Waals surface area contributed by atoms with Crippen molar-refractivity contribution in [1.82, 2.24) is 0 Å². The molecule has 0 heterocycles. The van der Waals surface area contributed by atoms with Gasteiger partial charge in [-0.3, -0.25) is 14.9 Å². The lowest BCUT2D eigenvalue weighted by molar-refractivity contribution is -0.385. The summed E-state index contributed by atoms with van der Waals surface area (Å²) in [6, 6.07) is 7.60. The van der Waals surface area contributed by atoms with E-state index in [1.807, 2.05) is 0 Å². The molecule has 0 spiro atoms. The minimum absolute atomic E-state index is 0.0569. The highest BCUT2D eigenvalue weighted by molar-refractivity contribution is 9.11. The first-order valence-corrected chi connectivity index (χ1v) is 7.86. The van der Waals surface area contributed by atoms with Crippen molar-refractivity contribution in [3.8, 4) is 11.5 Å². The number of ether oxygens (including phenoxy) is 1. The Morgan fingerprint density at radius 3 is 2.14 bits per heavy atom. The van der Waals surface area contributed by atoms with E-state index in [2.05, 4.69) is 47.8 Å². The molecule has 0 aliphatic rings. The highest BCUT2D eigenvalue weighted by Crippen LogP contribution is 2.40. The van der Waals surface area contributed by atoms with E-state index < -0.39 is 4.92 Å². The number of carbonyl (C=O) groups excluding carboxylic acids is 1. The number of nitro benzene ring substituents is 1. The predicted molar refractivity (Wildman–Crippen MR) is 88.1 cm³/mol. The highest BCUT2D eigenvalue weighted by Gasteiger charge is 2.16. The van der Waals surface area contributed by atoms with E-state index >= 15 is 0 Å². The van der Waals surface area contributed by atoms with Crippen molar-refractivity contribution in [2.24, 2.45) is 0 Å². The fourth-order valence-electron chi connectivity index (χ4n) is 1.53. The average molecular weight is 480 g/mol. The van der Waals surface area contributed by atoms with Crippen molar-refractivity contribution in [1.29, 1.82) is 0 Å². The van der Waals surface area contributed by atoms with E-state index in [4.69, 9.17) is 4.74 Å². The molecular weight excluding hydrogens is 474 g/mol. The van der Waals surface area contributed by atoms with Gasteiger partial charge in [0.25, 0.3) is 5.69 Å². The minimum Gasteiger partial charge on any atom is -0.455 e. The van der Waals surface area contributed by atoms with E-state index in [1.54, 1.807) is 18.2 Å². The number of non-ortho nitro benzene ring substituents is 1. The Labute approximate surface area is 144 Å². The summed E-state index contributed by atoms with van der Waals surface area (Å²) in [6.07, 6.45) is 0.728. The Morgan fingerprint density at radius 1 is 1.05 bits per heavy atom. The zero-order valence-electron chi connectivity index (χ0n) is 10.2. The molecule has 0 aromatic heterocycles. The third-order valence-electron chi connectivity index (χ3n) is 2.51. The molecule has 0 bridgehead atoms. The van der Waals surface area contributed by atoms with Crippen LogP contribution < -0.4 is 4.74 Å². The van der Waals surface area contributed by atoms with Crippen LogP contribution in [0.5, 0.6) is 11.5 Å². The summed E-state index contributed by atoms with van der Waals surface area (Å²) in [5.74, 6) is 0.897. The maximum absolute atomic E-state index is 10.8. The van der Waals surface area contributed by atoms with Crippen LogP contribution in [0.25, 0.3) is 0 Å². The van der Waals surface area contributed by atoms with Crippen LogP contribution in [0.2, 0.25) is 0 Å². The van der Waals surface area contributed by atoms with Crippen LogP contribution in [0, 0.1) is 10.1 Å². The Bertz CT molecular complexity index is 710. The molecule has 0 N–H and O–H groups in total. The lowest BCUT2D eigenvalue weighted by atomic mass is 10.2. The van der Waals surface area contributed by atoms with E-state index in [0.717, 1.165) is 6.29 Å². The van der Waals surface area contributed by atoms with E-state index in [0.29, 0.717) is 30.5 Å². The van der Waals surface area contributed by atoms with Crippen molar-refractivity contribution >= 4 is 59.8 Å². The van der Waals surface area contributed by atoms with Crippen molar-refractivity contribution in [3.05, 3.63) is 59.4 Å². The van der Waals surface area contributed by atoms with Gasteiger partial charge in [-0.15, -0.1) is 0 Å². The number of carbonyl (C=O) groups is 1. The molecule has 2 aromatic carbocycles. The number of hydrogen-bond acceptors (Lipinski definition) is 4. The van der Waals surface area contributed by atoms with E-state index in [9.17, 15) is 14.9 Å². The van der Waals surface area contributed by atoms with Crippen LogP contribution in [0.1, 0.15) is 10.4 Å². The van der Waals surface area contributed by atoms with Gasteiger partial charge in [0.2, 0.25) is 0 Å². The number of hydrogen-bond donors (Lipinski definition) is 0. The molecule has 8 heteroatoms. The summed E-state index contributed by atoms with van der Waals surface area (Å²) in [7, 11) is 0. The number of aldehydes is 1. The number of halogens is 3. The van der Waals surface area contributed by atoms with Crippen LogP contribution in [0.3, 0.4) is 0 Å². The fraction of sp³-hybridized carbons (Fsp3) is 0. The van der Waals surface area contributed by atoms with Gasteiger partial charge in [0.05, 0.1) is 13.9 Å². The van der Waals surface area contributed by atoms with Gasteiger partial charge in [-0.2, -0.15) is 0 Å². The first-order valence-electron chi connectivity index (χ1n) is 5.48. The molecule has 0 fully saturated rings. The second-order valence-electron chi connectivity index (χ2n) is 3.90. The lowest BCUT2D eigenvalue weighted by Crippen LogP contribution is -1.92. The Kier molecular flexibility index (Phi) is 5.13. The average Bonchev–Trinajstić information content (AvgIpc) is 2.42. The van der Waals surface area contributed by atoms with Crippen LogP contribution in [0.4, 0.5) is 5.69 Å². The van der Waals surface area contributed by atoms with Crippen LogP contribution >= 0.6 is 47.8 Å². The normalized spacial score (nSPS) is 10.2. The van der Waals surface area contributed by atoms with E-state index in [-0.39, 0.29) is 5.69 Å². The molecule has 0 aliphatic carbocycles. The Balaban J connectivity index is 2.38. The summed E-state index contributed by atoms with van der Waals surface area (Å²) < 4.78 is 7.18. The molecule has 0 saturated heterocycles. The first-order chi connectivity index (χ1) is 9.92. The van der Waals surface area contributed by atoms with Crippen molar-refractivity contribution in [2.45, 2.75) is 0 Å². The largest absolute Gasteiger partial charge is 0.455 e. The molecule has 21 heavy (non-hydrogen) atoms. The van der Waals surface area contributed by atoms with Crippen molar-refractivity contribution in [3.63, 3.8) is 0 Å². The van der Waals surface area contributed by atoms with Crippen LogP contribution in [-0.2, 0) is 0 Å². The van der Waals surface area contributed by atoms with Gasteiger partial charge in [0.15, 0.2) is 12.0 Å². The second kappa shape index (κ2) is 6.67. The molecule has 5 nitrogen and oxygen atoms in total. The molecule has 108 valence electrons. The van der Waals surface area contributed by atoms with E-state index in [1.165, 1.54) is 12.1 Å². The monoisotopic (exact) mass is 477 g/mol. The van der Waals surface area contributed by atoms with Crippen LogP contribution in [0.15, 0.2) is 43.7 Å². The van der Waals surface area contributed by atoms with Gasteiger partial charge >= 0.3 is 0 Å². The van der Waals surface area contributed by atoms with Crippen molar-refractivity contribution < 1.29 is 14.5 Å². The van der Waals surface area contributed by atoms with Gasteiger partial charge in [0.1, 0.15) is 5.75 Å². The smallest absolute Gasteiger partial charge is 0.271 e. The molecule has 0 amide bonds. The van der Waals surface area contributed by atoms with Gasteiger partial charge in [-0.1, -0.05) is 0 Å². The topological polar surface area (TPSA) is 69.4 Å². The summed E-state index contributed by atoms with van der Waals surface area (Å²) in [4.78, 5) is 21.0. The van der Waals surface area contributed by atoms with Crippen molar-refractivity contribution in [2.75, 3.05) is 0 Å². The molecule has 2 rings (SSSR count). The summed E-state index contributed by atoms with van der Waals surface area (Å²) in [5.41, 5.74) is 0.447. The Morgan fingerprint density at radius 2 is 1.67 bits per heavy atom. The maximum atomic E-state index is 10.8. The second-order valence-corrected chi connectivity index (χ2v) is 6.46. The standard InChI is InChI=1S/C13H6Br3NO4/c14-10-5-9(2-1-7(10)6-18)21-13-11(15)3-8(17(19)20)4-12(13)16/h1-6H. The fourth-order valence-corrected chi connectivity index (χ4v) is 3.31. The number of nitro groups is 1. The van der Waals surface area contributed by atoms with Gasteiger partial charge in [-0.05, 0) is 66.0 Å². The molecule has 0 unspecified atom stereocenters. The summed E-state index contributed by atoms with van der Waals surface area (Å²) in [6.45, 7) is 0. The third-order valence-corrected chi connectivity index (χ3v) is 4.38. The molecule has 0 aliphatic heterocycles. The Hall–Kier alpha value is -1.25. The molecule has 0 atom stereocenters. The predicted octanol–water partition coefficient (Wildman–Crippen LogP) is 5.49. The van der Waals surface area contributed by atoms with Gasteiger partial charge < -0.3 is 4.74 Å². The SMILES string of the molecule is O=Cc1ccc(Oc2c(Br)cc([N+](=O)[O-])cc2Br)cc1Br. The number of rotatable bonds is 4. The molecular formula is C13H6Br3NO4. The molecule has 0 radical (unpaired) electrons. The first kappa shape index (κ1) is 16.1. The third kappa shape index (κ3) is 3.69. The minimum atomic E-state index is -0.491. The number of benzene rings is 2. The number of nitrogens with zero attached hydrogens (tertiary/aromatic N) is 1. The molecule has 2 aromatic rings.